The first-order valence-electron chi connectivity index (χ1n) is 6.16. The van der Waals surface area contributed by atoms with Crippen molar-refractivity contribution in [2.24, 2.45) is 5.92 Å². The van der Waals surface area contributed by atoms with Crippen LogP contribution in [0.2, 0.25) is 0 Å². The molecule has 7 heteroatoms. The van der Waals surface area contributed by atoms with E-state index in [9.17, 15) is 9.59 Å². The zero-order valence-electron chi connectivity index (χ0n) is 10.8. The van der Waals surface area contributed by atoms with Crippen molar-refractivity contribution < 1.29 is 19.4 Å². The number of nitrogens with zero attached hydrogens (tertiary/aromatic N) is 3. The lowest BCUT2D eigenvalue weighted by molar-refractivity contribution is -0.142. The molecule has 0 bridgehead atoms. The highest BCUT2D eigenvalue weighted by molar-refractivity contribution is 5.95. The van der Waals surface area contributed by atoms with Crippen LogP contribution in [-0.4, -0.2) is 47.0 Å². The molecule has 1 unspecified atom stereocenters. The Bertz CT molecular complexity index is 471. The van der Waals surface area contributed by atoms with Crippen molar-refractivity contribution >= 4 is 17.6 Å². The minimum Gasteiger partial charge on any atom is -0.481 e. The first kappa shape index (κ1) is 13.5. The molecule has 0 aromatic carbocycles. The highest BCUT2D eigenvalue weighted by Crippen LogP contribution is 2.23. The number of hydrogen-bond acceptors (Lipinski definition) is 4. The van der Waals surface area contributed by atoms with Gasteiger partial charge in [-0.2, -0.15) is 5.10 Å². The van der Waals surface area contributed by atoms with Crippen LogP contribution >= 0.6 is 0 Å². The molecule has 1 aliphatic rings. The highest BCUT2D eigenvalue weighted by Gasteiger charge is 2.31. The monoisotopic (exact) mass is 267 g/mol. The molecular formula is C12H17N3O4. The molecule has 104 valence electrons. The van der Waals surface area contributed by atoms with E-state index >= 15 is 0 Å². The van der Waals surface area contributed by atoms with Gasteiger partial charge in [0, 0.05) is 26.3 Å². The second kappa shape index (κ2) is 5.83. The van der Waals surface area contributed by atoms with Crippen molar-refractivity contribution in [2.75, 3.05) is 25.2 Å². The Labute approximate surface area is 110 Å². The molecule has 1 aromatic heterocycles. The Morgan fingerprint density at radius 1 is 1.63 bits per heavy atom. The Hall–Kier alpha value is -1.89. The summed E-state index contributed by atoms with van der Waals surface area (Å²) in [6, 6.07) is 0. The molecule has 1 aliphatic heterocycles. The van der Waals surface area contributed by atoms with E-state index in [4.69, 9.17) is 9.84 Å². The number of carboxylic acid groups (broad SMARTS) is 1. The Kier molecular flexibility index (Phi) is 4.16. The van der Waals surface area contributed by atoms with E-state index in [0.29, 0.717) is 25.3 Å². The maximum absolute atomic E-state index is 11.9. The number of carboxylic acids is 1. The first-order chi connectivity index (χ1) is 9.11. The molecule has 1 aromatic rings. The maximum Gasteiger partial charge on any atom is 0.308 e. The fourth-order valence-corrected chi connectivity index (χ4v) is 2.10. The number of ether oxygens (including phenoxy) is 1. The number of hydrogen-bond donors (Lipinski definition) is 1. The lowest BCUT2D eigenvalue weighted by Gasteiger charge is -2.29. The van der Waals surface area contributed by atoms with Gasteiger partial charge in [0.05, 0.1) is 31.0 Å². The zero-order valence-corrected chi connectivity index (χ0v) is 10.8. The van der Waals surface area contributed by atoms with Crippen LogP contribution in [0.3, 0.4) is 0 Å². The third-order valence-corrected chi connectivity index (χ3v) is 3.22. The van der Waals surface area contributed by atoms with E-state index < -0.39 is 11.9 Å². The minimum atomic E-state index is -0.857. The number of carbonyl (C=O) groups excluding carboxylic acids is 1. The van der Waals surface area contributed by atoms with Crippen molar-refractivity contribution in [1.82, 2.24) is 9.78 Å². The smallest absolute Gasteiger partial charge is 0.308 e. The summed E-state index contributed by atoms with van der Waals surface area (Å²) in [5.74, 6) is -1.41. The second-order valence-electron chi connectivity index (χ2n) is 4.53. The van der Waals surface area contributed by atoms with Crippen molar-refractivity contribution in [3.8, 4) is 0 Å². The van der Waals surface area contributed by atoms with E-state index in [1.807, 2.05) is 0 Å². The topological polar surface area (TPSA) is 84.7 Å². The van der Waals surface area contributed by atoms with E-state index in [1.165, 1.54) is 4.90 Å². The van der Waals surface area contributed by atoms with Gasteiger partial charge < -0.3 is 14.7 Å². The molecule has 2 rings (SSSR count). The fourth-order valence-electron chi connectivity index (χ4n) is 2.10. The largest absolute Gasteiger partial charge is 0.481 e. The number of piperidine rings is 1. The summed E-state index contributed by atoms with van der Waals surface area (Å²) < 4.78 is 6.63. The quantitative estimate of drug-likeness (QED) is 0.832. The summed E-state index contributed by atoms with van der Waals surface area (Å²) in [4.78, 5) is 24.4. The first-order valence-corrected chi connectivity index (χ1v) is 6.16. The molecule has 1 N–H and O–H groups in total. The Morgan fingerprint density at radius 3 is 3.11 bits per heavy atom. The third kappa shape index (κ3) is 3.11. The van der Waals surface area contributed by atoms with Crippen molar-refractivity contribution in [3.05, 3.63) is 12.4 Å². The molecule has 1 amide bonds. The molecular weight excluding hydrogens is 250 g/mol. The van der Waals surface area contributed by atoms with Gasteiger partial charge >= 0.3 is 5.97 Å². The van der Waals surface area contributed by atoms with Gasteiger partial charge in [-0.25, -0.2) is 0 Å². The number of aliphatic carboxylic acids is 1. The molecule has 0 aliphatic carbocycles. The van der Waals surface area contributed by atoms with Gasteiger partial charge in [-0.1, -0.05) is 0 Å². The van der Waals surface area contributed by atoms with Crippen LogP contribution < -0.4 is 4.90 Å². The molecule has 19 heavy (non-hydrogen) atoms. The minimum absolute atomic E-state index is 0.0520. The van der Waals surface area contributed by atoms with Crippen LogP contribution in [0.15, 0.2) is 12.4 Å². The molecule has 2 heterocycles. The Balaban J connectivity index is 2.08. The average Bonchev–Trinajstić information content (AvgIpc) is 2.85. The molecule has 0 radical (unpaired) electrons. The number of rotatable bonds is 5. The van der Waals surface area contributed by atoms with Crippen molar-refractivity contribution in [3.63, 3.8) is 0 Å². The zero-order chi connectivity index (χ0) is 13.8. The van der Waals surface area contributed by atoms with Crippen LogP contribution in [0, 0.1) is 5.92 Å². The molecule has 0 saturated carbocycles. The molecule has 1 saturated heterocycles. The Morgan fingerprint density at radius 2 is 2.42 bits per heavy atom. The number of aromatic nitrogens is 2. The van der Waals surface area contributed by atoms with Gasteiger partial charge in [0.2, 0.25) is 5.91 Å². The van der Waals surface area contributed by atoms with Crippen molar-refractivity contribution in [2.45, 2.75) is 19.4 Å². The van der Waals surface area contributed by atoms with Gasteiger partial charge in [-0.05, 0) is 6.42 Å². The standard InChI is InChI=1S/C12H17N3O4/c1-19-5-4-14-8-10(6-13-14)15-7-9(12(17)18)2-3-11(15)16/h6,8-9H,2-5,7H2,1H3,(H,17,18). The van der Waals surface area contributed by atoms with E-state index in [2.05, 4.69) is 5.10 Å². The number of methoxy groups -OCH3 is 1. The van der Waals surface area contributed by atoms with Gasteiger partial charge in [0.25, 0.3) is 0 Å². The average molecular weight is 267 g/mol. The predicted molar refractivity (Wildman–Crippen MR) is 66.8 cm³/mol. The van der Waals surface area contributed by atoms with Crippen LogP contribution in [0.1, 0.15) is 12.8 Å². The molecule has 0 spiro atoms. The van der Waals surface area contributed by atoms with Crippen LogP contribution in [0.25, 0.3) is 0 Å². The normalized spacial score (nSPS) is 19.7. The third-order valence-electron chi connectivity index (χ3n) is 3.22. The summed E-state index contributed by atoms with van der Waals surface area (Å²) in [6.07, 6.45) is 3.99. The van der Waals surface area contributed by atoms with Gasteiger partial charge in [-0.3, -0.25) is 14.3 Å². The number of anilines is 1. The van der Waals surface area contributed by atoms with Gasteiger partial charge in [0.15, 0.2) is 0 Å². The predicted octanol–water partition coefficient (Wildman–Crippen LogP) is 0.357. The van der Waals surface area contributed by atoms with E-state index in [0.717, 1.165) is 0 Å². The second-order valence-corrected chi connectivity index (χ2v) is 4.53. The lowest BCUT2D eigenvalue weighted by atomic mass is 9.97. The van der Waals surface area contributed by atoms with Gasteiger partial charge in [-0.15, -0.1) is 0 Å². The SMILES string of the molecule is COCCn1cc(N2CC(C(=O)O)CCC2=O)cn1. The number of carbonyl (C=O) groups is 2. The summed E-state index contributed by atoms with van der Waals surface area (Å²) in [5.41, 5.74) is 0.645. The lowest BCUT2D eigenvalue weighted by Crippen LogP contribution is -2.42. The highest BCUT2D eigenvalue weighted by atomic mass is 16.5. The van der Waals surface area contributed by atoms with Crippen molar-refractivity contribution in [1.29, 1.82) is 0 Å². The van der Waals surface area contributed by atoms with Crippen LogP contribution in [0.4, 0.5) is 5.69 Å². The van der Waals surface area contributed by atoms with E-state index in [-0.39, 0.29) is 18.9 Å². The summed E-state index contributed by atoms with van der Waals surface area (Å²) in [6.45, 7) is 1.35. The number of amides is 1. The molecule has 7 nitrogen and oxygen atoms in total. The summed E-state index contributed by atoms with van der Waals surface area (Å²) in [5, 5.41) is 13.2. The van der Waals surface area contributed by atoms with Gasteiger partial charge in [0.1, 0.15) is 0 Å². The van der Waals surface area contributed by atoms with Crippen LogP contribution in [0.5, 0.6) is 0 Å². The van der Waals surface area contributed by atoms with Crippen LogP contribution in [-0.2, 0) is 20.9 Å². The summed E-state index contributed by atoms with van der Waals surface area (Å²) in [7, 11) is 1.61. The molecule has 1 atom stereocenters. The summed E-state index contributed by atoms with van der Waals surface area (Å²) >= 11 is 0. The fraction of sp³-hybridized carbons (Fsp3) is 0.583. The molecule has 1 fully saturated rings. The maximum atomic E-state index is 11.9. The van der Waals surface area contributed by atoms with E-state index in [1.54, 1.807) is 24.2 Å².